The Bertz CT molecular complexity index is 815. The number of aliphatic carboxylic acids is 1. The number of ether oxygens (including phenoxy) is 1. The number of hydrogen-bond acceptors (Lipinski definition) is 3. The van der Waals surface area contributed by atoms with E-state index in [-0.39, 0.29) is 12.4 Å². The van der Waals surface area contributed by atoms with Crippen LogP contribution >= 0.6 is 0 Å². The van der Waals surface area contributed by atoms with Gasteiger partial charge in [-0.3, -0.25) is 4.79 Å². The van der Waals surface area contributed by atoms with Gasteiger partial charge in [-0.05, 0) is 42.7 Å². The van der Waals surface area contributed by atoms with Crippen LogP contribution in [0.3, 0.4) is 0 Å². The fourth-order valence-electron chi connectivity index (χ4n) is 3.19. The highest BCUT2D eigenvalue weighted by molar-refractivity contribution is 5.98. The maximum Gasteiger partial charge on any atom is 0.329 e. The van der Waals surface area contributed by atoms with Gasteiger partial charge in [0.2, 0.25) is 0 Å². The summed E-state index contributed by atoms with van der Waals surface area (Å²) >= 11 is 0. The second-order valence-electron chi connectivity index (χ2n) is 6.49. The van der Waals surface area contributed by atoms with Crippen molar-refractivity contribution in [1.82, 2.24) is 5.32 Å². The molecule has 0 bridgehead atoms. The third-order valence-corrected chi connectivity index (χ3v) is 4.61. The predicted molar refractivity (Wildman–Crippen MR) is 93.5 cm³/mol. The standard InChI is InChI=1S/C20H20FNO4/c21-16-7-4-8-17(12-16)26-13-14-5-3-6-15(11-14)18(23)22-20(19(24)25)9-1-2-10-20/h3-8,11-12H,1-2,9-10,13H2,(H,22,23)(H,24,25). The average Bonchev–Trinajstić information content (AvgIpc) is 3.10. The van der Waals surface area contributed by atoms with Crippen LogP contribution in [0.25, 0.3) is 0 Å². The molecule has 0 unspecified atom stereocenters. The van der Waals surface area contributed by atoms with Crippen molar-refractivity contribution in [2.75, 3.05) is 0 Å². The zero-order valence-electron chi connectivity index (χ0n) is 14.2. The smallest absolute Gasteiger partial charge is 0.329 e. The molecule has 0 aliphatic heterocycles. The molecule has 0 spiro atoms. The minimum absolute atomic E-state index is 0.175. The Hall–Kier alpha value is -2.89. The Labute approximate surface area is 150 Å². The largest absolute Gasteiger partial charge is 0.489 e. The van der Waals surface area contributed by atoms with Gasteiger partial charge in [-0.25, -0.2) is 9.18 Å². The first-order valence-corrected chi connectivity index (χ1v) is 8.52. The molecule has 1 aliphatic carbocycles. The van der Waals surface area contributed by atoms with Crippen molar-refractivity contribution in [2.24, 2.45) is 0 Å². The molecule has 2 aromatic rings. The maximum atomic E-state index is 13.2. The molecule has 6 heteroatoms. The number of amides is 1. The van der Waals surface area contributed by atoms with Crippen molar-refractivity contribution in [3.05, 3.63) is 65.5 Å². The van der Waals surface area contributed by atoms with Gasteiger partial charge in [0.25, 0.3) is 5.91 Å². The lowest BCUT2D eigenvalue weighted by atomic mass is 9.97. The second kappa shape index (κ2) is 7.56. The molecule has 0 radical (unpaired) electrons. The molecule has 3 rings (SSSR count). The van der Waals surface area contributed by atoms with Crippen molar-refractivity contribution < 1.29 is 23.8 Å². The van der Waals surface area contributed by atoms with Gasteiger partial charge < -0.3 is 15.2 Å². The molecule has 136 valence electrons. The molecule has 1 aliphatic rings. The minimum Gasteiger partial charge on any atom is -0.489 e. The fourth-order valence-corrected chi connectivity index (χ4v) is 3.19. The number of rotatable bonds is 6. The molecule has 0 atom stereocenters. The molecule has 0 saturated heterocycles. The van der Waals surface area contributed by atoms with E-state index in [9.17, 15) is 19.1 Å². The molecule has 26 heavy (non-hydrogen) atoms. The van der Waals surface area contributed by atoms with E-state index in [0.29, 0.717) is 24.2 Å². The quantitative estimate of drug-likeness (QED) is 0.829. The highest BCUT2D eigenvalue weighted by Crippen LogP contribution is 2.30. The first-order chi connectivity index (χ1) is 12.5. The minimum atomic E-state index is -1.18. The van der Waals surface area contributed by atoms with E-state index in [1.54, 1.807) is 36.4 Å². The third kappa shape index (κ3) is 4.02. The summed E-state index contributed by atoms with van der Waals surface area (Å²) in [6.45, 7) is 0.175. The highest BCUT2D eigenvalue weighted by Gasteiger charge is 2.42. The summed E-state index contributed by atoms with van der Waals surface area (Å²) in [7, 11) is 0. The molecular weight excluding hydrogens is 337 g/mol. The Kier molecular flexibility index (Phi) is 5.21. The fraction of sp³-hybridized carbons (Fsp3) is 0.300. The van der Waals surface area contributed by atoms with Crippen molar-refractivity contribution >= 4 is 11.9 Å². The lowest BCUT2D eigenvalue weighted by Gasteiger charge is -2.25. The predicted octanol–water partition coefficient (Wildman–Crippen LogP) is 3.53. The zero-order chi connectivity index (χ0) is 18.6. The number of carbonyl (C=O) groups excluding carboxylic acids is 1. The van der Waals surface area contributed by atoms with Crippen molar-refractivity contribution in [3.8, 4) is 5.75 Å². The number of hydrogen-bond donors (Lipinski definition) is 2. The number of carboxylic acids is 1. The van der Waals surface area contributed by atoms with Gasteiger partial charge in [-0.1, -0.05) is 31.0 Å². The van der Waals surface area contributed by atoms with Gasteiger partial charge in [0, 0.05) is 11.6 Å². The molecule has 2 N–H and O–H groups in total. The zero-order valence-corrected chi connectivity index (χ0v) is 14.2. The van der Waals surface area contributed by atoms with E-state index >= 15 is 0 Å². The Morgan fingerprint density at radius 3 is 2.54 bits per heavy atom. The van der Waals surface area contributed by atoms with Crippen molar-refractivity contribution in [2.45, 2.75) is 37.8 Å². The van der Waals surface area contributed by atoms with E-state index < -0.39 is 17.4 Å². The van der Waals surface area contributed by atoms with Crippen LogP contribution in [0.2, 0.25) is 0 Å². The van der Waals surface area contributed by atoms with Crippen LogP contribution in [0.4, 0.5) is 4.39 Å². The van der Waals surface area contributed by atoms with Gasteiger partial charge in [0.05, 0.1) is 0 Å². The molecule has 1 saturated carbocycles. The summed E-state index contributed by atoms with van der Waals surface area (Å²) in [5.74, 6) is -1.39. The molecule has 5 nitrogen and oxygen atoms in total. The Morgan fingerprint density at radius 1 is 1.12 bits per heavy atom. The molecule has 0 aromatic heterocycles. The van der Waals surface area contributed by atoms with Gasteiger partial charge in [-0.2, -0.15) is 0 Å². The van der Waals surface area contributed by atoms with Crippen molar-refractivity contribution in [1.29, 1.82) is 0 Å². The SMILES string of the molecule is O=C(NC1(C(=O)O)CCCC1)c1cccc(COc2cccc(F)c2)c1. The summed E-state index contributed by atoms with van der Waals surface area (Å²) in [5, 5.41) is 12.2. The van der Waals surface area contributed by atoms with Crippen LogP contribution < -0.4 is 10.1 Å². The Morgan fingerprint density at radius 2 is 1.85 bits per heavy atom. The highest BCUT2D eigenvalue weighted by atomic mass is 19.1. The summed E-state index contributed by atoms with van der Waals surface area (Å²) in [6.07, 6.45) is 2.45. The molecule has 0 heterocycles. The van der Waals surface area contributed by atoms with Crippen LogP contribution in [0.15, 0.2) is 48.5 Å². The van der Waals surface area contributed by atoms with Crippen LogP contribution in [-0.4, -0.2) is 22.5 Å². The lowest BCUT2D eigenvalue weighted by Crippen LogP contribution is -2.52. The average molecular weight is 357 g/mol. The number of carbonyl (C=O) groups is 2. The second-order valence-corrected chi connectivity index (χ2v) is 6.49. The summed E-state index contributed by atoms with van der Waals surface area (Å²) in [4.78, 5) is 24.1. The first kappa shape index (κ1) is 17.9. The maximum absolute atomic E-state index is 13.2. The summed E-state index contributed by atoms with van der Waals surface area (Å²) in [5.41, 5.74) is -0.0684. The Balaban J connectivity index is 1.68. The first-order valence-electron chi connectivity index (χ1n) is 8.52. The molecule has 2 aromatic carbocycles. The monoisotopic (exact) mass is 357 g/mol. The normalized spacial score (nSPS) is 15.4. The molecule has 1 fully saturated rings. The lowest BCUT2D eigenvalue weighted by molar-refractivity contribution is -0.144. The van der Waals surface area contributed by atoms with Gasteiger partial charge in [0.1, 0.15) is 23.7 Å². The number of nitrogens with one attached hydrogen (secondary N) is 1. The van der Waals surface area contributed by atoms with Crippen LogP contribution in [0.5, 0.6) is 5.75 Å². The van der Waals surface area contributed by atoms with E-state index in [1.807, 2.05) is 0 Å². The van der Waals surface area contributed by atoms with E-state index in [4.69, 9.17) is 4.74 Å². The number of halogens is 1. The van der Waals surface area contributed by atoms with Crippen molar-refractivity contribution in [3.63, 3.8) is 0 Å². The van der Waals surface area contributed by atoms with Crippen LogP contribution in [-0.2, 0) is 11.4 Å². The van der Waals surface area contributed by atoms with Gasteiger partial charge >= 0.3 is 5.97 Å². The van der Waals surface area contributed by atoms with Crippen LogP contribution in [0, 0.1) is 5.82 Å². The van der Waals surface area contributed by atoms with E-state index in [1.165, 1.54) is 12.1 Å². The number of benzene rings is 2. The third-order valence-electron chi connectivity index (χ3n) is 4.61. The number of carboxylic acid groups (broad SMARTS) is 1. The van der Waals surface area contributed by atoms with Gasteiger partial charge in [0.15, 0.2) is 0 Å². The van der Waals surface area contributed by atoms with Gasteiger partial charge in [-0.15, -0.1) is 0 Å². The van der Waals surface area contributed by atoms with E-state index in [0.717, 1.165) is 18.4 Å². The van der Waals surface area contributed by atoms with Crippen LogP contribution in [0.1, 0.15) is 41.6 Å². The summed E-state index contributed by atoms with van der Waals surface area (Å²) in [6, 6.07) is 12.6. The molecular formula is C20H20FNO4. The topological polar surface area (TPSA) is 75.6 Å². The molecule has 1 amide bonds. The van der Waals surface area contributed by atoms with E-state index in [2.05, 4.69) is 5.32 Å². The summed E-state index contributed by atoms with van der Waals surface area (Å²) < 4.78 is 18.7.